The quantitative estimate of drug-likeness (QED) is 0.474. The van der Waals surface area contributed by atoms with Gasteiger partial charge < -0.3 is 10.1 Å². The predicted molar refractivity (Wildman–Crippen MR) is 99.5 cm³/mol. The van der Waals surface area contributed by atoms with Crippen LogP contribution in [0, 0.1) is 0 Å². The molecule has 0 spiro atoms. The standard InChI is InChI=1S/C21H13N3O2/c25-19(26)10-16-12-4-1-2-5-13(12)20-14(16)6-3-7-15(20)21-23-17-8-9-22-11-18(17)24-21/h1-11H,(H,23,24)(H,25,26). The molecule has 2 heterocycles. The fourth-order valence-electron chi connectivity index (χ4n) is 3.61. The van der Waals surface area contributed by atoms with Crippen molar-refractivity contribution in [1.29, 1.82) is 0 Å². The second-order valence-electron chi connectivity index (χ2n) is 6.15. The van der Waals surface area contributed by atoms with Crippen molar-refractivity contribution < 1.29 is 9.90 Å². The Hall–Kier alpha value is -3.73. The van der Waals surface area contributed by atoms with Gasteiger partial charge in [-0.2, -0.15) is 0 Å². The Morgan fingerprint density at radius 1 is 0.962 bits per heavy atom. The van der Waals surface area contributed by atoms with Crippen molar-refractivity contribution in [2.75, 3.05) is 0 Å². The minimum Gasteiger partial charge on any atom is -0.478 e. The zero-order valence-electron chi connectivity index (χ0n) is 13.6. The maximum absolute atomic E-state index is 11.3. The molecule has 124 valence electrons. The molecule has 2 N–H and O–H groups in total. The van der Waals surface area contributed by atoms with Crippen LogP contribution in [0.15, 0.2) is 67.0 Å². The molecule has 5 rings (SSSR count). The first kappa shape index (κ1) is 14.6. The van der Waals surface area contributed by atoms with Gasteiger partial charge in [0.05, 0.1) is 17.2 Å². The molecule has 1 aliphatic carbocycles. The number of nitrogens with one attached hydrogen (secondary N) is 1. The molecule has 2 aromatic carbocycles. The van der Waals surface area contributed by atoms with Gasteiger partial charge in [0.1, 0.15) is 5.82 Å². The van der Waals surface area contributed by atoms with Gasteiger partial charge >= 0.3 is 5.97 Å². The van der Waals surface area contributed by atoms with E-state index < -0.39 is 5.97 Å². The number of imidazole rings is 1. The van der Waals surface area contributed by atoms with Crippen molar-refractivity contribution in [3.8, 4) is 22.5 Å². The highest BCUT2D eigenvalue weighted by Crippen LogP contribution is 2.48. The molecule has 0 amide bonds. The number of carboxylic acid groups (broad SMARTS) is 1. The summed E-state index contributed by atoms with van der Waals surface area (Å²) in [6.07, 6.45) is 4.74. The van der Waals surface area contributed by atoms with Crippen molar-refractivity contribution in [1.82, 2.24) is 15.0 Å². The molecule has 0 bridgehead atoms. The van der Waals surface area contributed by atoms with Crippen molar-refractivity contribution in [2.45, 2.75) is 0 Å². The first-order chi connectivity index (χ1) is 12.7. The normalized spacial score (nSPS) is 13.8. The molecule has 5 heteroatoms. The molecule has 5 nitrogen and oxygen atoms in total. The summed E-state index contributed by atoms with van der Waals surface area (Å²) >= 11 is 0. The van der Waals surface area contributed by atoms with Crippen molar-refractivity contribution >= 4 is 22.6 Å². The lowest BCUT2D eigenvalue weighted by Crippen LogP contribution is -1.91. The minimum atomic E-state index is -0.956. The molecular formula is C21H13N3O2. The molecule has 0 unspecified atom stereocenters. The summed E-state index contributed by atoms with van der Waals surface area (Å²) < 4.78 is 0. The lowest BCUT2D eigenvalue weighted by molar-refractivity contribution is -0.131. The zero-order valence-corrected chi connectivity index (χ0v) is 13.6. The highest BCUT2D eigenvalue weighted by molar-refractivity contribution is 6.09. The third-order valence-corrected chi connectivity index (χ3v) is 4.65. The van der Waals surface area contributed by atoms with Crippen molar-refractivity contribution in [3.63, 3.8) is 0 Å². The SMILES string of the molecule is O=C(O)C=C1c2ccccc2-c2c1cccc2-c1nc2ccncc2[nH]1. The summed E-state index contributed by atoms with van der Waals surface area (Å²) in [6, 6.07) is 15.6. The number of benzene rings is 2. The molecule has 2 aromatic heterocycles. The van der Waals surface area contributed by atoms with E-state index in [1.807, 2.05) is 48.5 Å². The Labute approximate surface area is 148 Å². The van der Waals surface area contributed by atoms with Crippen LogP contribution in [0.4, 0.5) is 0 Å². The van der Waals surface area contributed by atoms with E-state index in [1.54, 1.807) is 12.4 Å². The predicted octanol–water partition coefficient (Wildman–Crippen LogP) is 4.12. The Morgan fingerprint density at radius 2 is 1.73 bits per heavy atom. The minimum absolute atomic E-state index is 0.725. The van der Waals surface area contributed by atoms with Crippen LogP contribution < -0.4 is 0 Å². The van der Waals surface area contributed by atoms with Gasteiger partial charge in [-0.3, -0.25) is 4.98 Å². The summed E-state index contributed by atoms with van der Waals surface area (Å²) in [6.45, 7) is 0. The van der Waals surface area contributed by atoms with Gasteiger partial charge in [-0.05, 0) is 28.3 Å². The number of hydrogen-bond acceptors (Lipinski definition) is 3. The Kier molecular flexibility index (Phi) is 3.03. The maximum atomic E-state index is 11.3. The van der Waals surface area contributed by atoms with Gasteiger partial charge in [-0.25, -0.2) is 9.78 Å². The van der Waals surface area contributed by atoms with Crippen LogP contribution in [-0.2, 0) is 4.79 Å². The topological polar surface area (TPSA) is 78.9 Å². The molecule has 0 fully saturated rings. The van der Waals surface area contributed by atoms with Gasteiger partial charge in [-0.15, -0.1) is 0 Å². The molecule has 0 radical (unpaired) electrons. The number of aliphatic carboxylic acids is 1. The third-order valence-electron chi connectivity index (χ3n) is 4.65. The molecule has 26 heavy (non-hydrogen) atoms. The van der Waals surface area contributed by atoms with Crippen molar-refractivity contribution in [3.05, 3.63) is 78.1 Å². The Bertz CT molecular complexity index is 1190. The highest BCUT2D eigenvalue weighted by Gasteiger charge is 2.27. The average molecular weight is 339 g/mol. The number of carboxylic acids is 1. The molecule has 0 saturated carbocycles. The number of pyridine rings is 1. The molecule has 4 aromatic rings. The second-order valence-corrected chi connectivity index (χ2v) is 6.15. The fourth-order valence-corrected chi connectivity index (χ4v) is 3.61. The van der Waals surface area contributed by atoms with E-state index in [0.717, 1.165) is 50.2 Å². The third kappa shape index (κ3) is 2.07. The van der Waals surface area contributed by atoms with E-state index in [0.29, 0.717) is 0 Å². The lowest BCUT2D eigenvalue weighted by atomic mass is 9.98. The molecule has 0 atom stereocenters. The van der Waals surface area contributed by atoms with Gasteiger partial charge in [-0.1, -0.05) is 42.5 Å². The Balaban J connectivity index is 1.82. The van der Waals surface area contributed by atoms with Gasteiger partial charge in [0, 0.05) is 23.4 Å². The summed E-state index contributed by atoms with van der Waals surface area (Å²) in [5.74, 6) is -0.209. The number of aromatic amines is 1. The van der Waals surface area contributed by atoms with Gasteiger partial charge in [0.2, 0.25) is 0 Å². The summed E-state index contributed by atoms with van der Waals surface area (Å²) in [4.78, 5) is 23.5. The number of fused-ring (bicyclic) bond motifs is 4. The first-order valence-electron chi connectivity index (χ1n) is 8.20. The van der Waals surface area contributed by atoms with Crippen LogP contribution in [0.5, 0.6) is 0 Å². The fraction of sp³-hybridized carbons (Fsp3) is 0. The maximum Gasteiger partial charge on any atom is 0.328 e. The average Bonchev–Trinajstić information content (AvgIpc) is 3.22. The van der Waals surface area contributed by atoms with Crippen LogP contribution in [0.3, 0.4) is 0 Å². The number of H-pyrrole nitrogens is 1. The zero-order chi connectivity index (χ0) is 17.7. The number of rotatable bonds is 2. The van der Waals surface area contributed by atoms with Crippen LogP contribution in [0.1, 0.15) is 11.1 Å². The monoisotopic (exact) mass is 339 g/mol. The van der Waals surface area contributed by atoms with Crippen molar-refractivity contribution in [2.24, 2.45) is 0 Å². The van der Waals surface area contributed by atoms with E-state index in [-0.39, 0.29) is 0 Å². The highest BCUT2D eigenvalue weighted by atomic mass is 16.4. The number of hydrogen-bond donors (Lipinski definition) is 2. The van der Waals surface area contributed by atoms with Gasteiger partial charge in [0.25, 0.3) is 0 Å². The molecular weight excluding hydrogens is 326 g/mol. The van der Waals surface area contributed by atoms with E-state index >= 15 is 0 Å². The van der Waals surface area contributed by atoms with E-state index in [2.05, 4.69) is 15.0 Å². The second kappa shape index (κ2) is 5.39. The first-order valence-corrected chi connectivity index (χ1v) is 8.20. The van der Waals surface area contributed by atoms with Crippen LogP contribution >= 0.6 is 0 Å². The van der Waals surface area contributed by atoms with E-state index in [1.165, 1.54) is 6.08 Å². The largest absolute Gasteiger partial charge is 0.478 e. The smallest absolute Gasteiger partial charge is 0.328 e. The lowest BCUT2D eigenvalue weighted by Gasteiger charge is -2.07. The van der Waals surface area contributed by atoms with Crippen LogP contribution in [0.25, 0.3) is 39.1 Å². The van der Waals surface area contributed by atoms with E-state index in [4.69, 9.17) is 0 Å². The van der Waals surface area contributed by atoms with E-state index in [9.17, 15) is 9.90 Å². The number of aromatic nitrogens is 3. The number of nitrogens with zero attached hydrogens (tertiary/aromatic N) is 2. The summed E-state index contributed by atoms with van der Waals surface area (Å²) in [5.41, 5.74) is 7.24. The molecule has 0 aliphatic heterocycles. The van der Waals surface area contributed by atoms with Gasteiger partial charge in [0.15, 0.2) is 0 Å². The summed E-state index contributed by atoms with van der Waals surface area (Å²) in [5, 5.41) is 9.30. The molecule has 0 saturated heterocycles. The van der Waals surface area contributed by atoms with Crippen LogP contribution in [-0.4, -0.2) is 26.0 Å². The number of carbonyl (C=O) groups is 1. The van der Waals surface area contributed by atoms with Crippen LogP contribution in [0.2, 0.25) is 0 Å². The molecule has 1 aliphatic rings. The Morgan fingerprint density at radius 3 is 2.54 bits per heavy atom. The summed E-state index contributed by atoms with van der Waals surface area (Å²) in [7, 11) is 0.